The normalized spacial score (nSPS) is 10.5. The summed E-state index contributed by atoms with van der Waals surface area (Å²) < 4.78 is 5.49. The smallest absolute Gasteiger partial charge is 0.277 e. The van der Waals surface area contributed by atoms with Crippen LogP contribution in [-0.2, 0) is 0 Å². The Hall–Kier alpha value is -1.07. The van der Waals surface area contributed by atoms with Gasteiger partial charge in [-0.2, -0.15) is 0 Å². The lowest BCUT2D eigenvalue weighted by Crippen LogP contribution is -1.78. The van der Waals surface area contributed by atoms with Crippen molar-refractivity contribution < 1.29 is 4.42 Å². The Labute approximate surface area is 96.2 Å². The maximum Gasteiger partial charge on any atom is 0.277 e. The molecule has 0 bridgehead atoms. The van der Waals surface area contributed by atoms with E-state index in [0.29, 0.717) is 11.1 Å². The minimum absolute atomic E-state index is 0.592. The van der Waals surface area contributed by atoms with Gasteiger partial charge < -0.3 is 4.42 Å². The van der Waals surface area contributed by atoms with Gasteiger partial charge in [-0.05, 0) is 18.4 Å². The number of hydrogen-bond acceptors (Lipinski definition) is 5. The zero-order chi connectivity index (χ0) is 10.7. The van der Waals surface area contributed by atoms with Crippen LogP contribution in [0, 0.1) is 0 Å². The van der Waals surface area contributed by atoms with Gasteiger partial charge in [-0.1, -0.05) is 30.0 Å². The van der Waals surface area contributed by atoms with E-state index in [1.54, 1.807) is 11.3 Å². The third-order valence-corrected chi connectivity index (χ3v) is 3.49. The van der Waals surface area contributed by atoms with Crippen molar-refractivity contribution in [2.45, 2.75) is 12.1 Å². The molecule has 0 N–H and O–H groups in total. The summed E-state index contributed by atoms with van der Waals surface area (Å²) in [6.45, 7) is 5.79. The molecule has 2 aromatic rings. The Balaban J connectivity index is 2.08. The number of nitrogens with zero attached hydrogens (tertiary/aromatic N) is 2. The minimum Gasteiger partial charge on any atom is -0.410 e. The first-order chi connectivity index (χ1) is 7.25. The predicted octanol–water partition coefficient (Wildman–Crippen LogP) is 3.47. The maximum atomic E-state index is 5.49. The molecule has 0 fully saturated rings. The van der Waals surface area contributed by atoms with E-state index in [9.17, 15) is 0 Å². The Bertz CT molecular complexity index is 448. The van der Waals surface area contributed by atoms with Gasteiger partial charge in [0, 0.05) is 5.75 Å². The molecule has 2 rings (SSSR count). The van der Waals surface area contributed by atoms with Gasteiger partial charge in [0.15, 0.2) is 0 Å². The number of aromatic nitrogens is 2. The van der Waals surface area contributed by atoms with Crippen molar-refractivity contribution in [3.63, 3.8) is 0 Å². The topological polar surface area (TPSA) is 38.9 Å². The Morgan fingerprint density at radius 3 is 3.13 bits per heavy atom. The zero-order valence-corrected chi connectivity index (χ0v) is 9.90. The van der Waals surface area contributed by atoms with Gasteiger partial charge in [-0.15, -0.1) is 21.5 Å². The highest BCUT2D eigenvalue weighted by molar-refractivity contribution is 7.99. The highest BCUT2D eigenvalue weighted by atomic mass is 32.2. The summed E-state index contributed by atoms with van der Waals surface area (Å²) in [7, 11) is 0. The van der Waals surface area contributed by atoms with Crippen LogP contribution >= 0.6 is 23.1 Å². The van der Waals surface area contributed by atoms with Gasteiger partial charge in [-0.25, -0.2) is 0 Å². The lowest BCUT2D eigenvalue weighted by atomic mass is 10.4. The summed E-state index contributed by atoms with van der Waals surface area (Å²) in [6, 6.07) is 3.93. The minimum atomic E-state index is 0.592. The monoisotopic (exact) mass is 238 g/mol. The predicted molar refractivity (Wildman–Crippen MR) is 63.1 cm³/mol. The van der Waals surface area contributed by atoms with Crippen molar-refractivity contribution >= 4 is 23.1 Å². The molecular formula is C10H10N2OS2. The molecule has 0 aromatic carbocycles. The Morgan fingerprint density at radius 2 is 2.47 bits per heavy atom. The molecule has 0 saturated heterocycles. The highest BCUT2D eigenvalue weighted by Crippen LogP contribution is 2.26. The van der Waals surface area contributed by atoms with E-state index in [1.807, 2.05) is 24.4 Å². The molecule has 0 radical (unpaired) electrons. The molecule has 0 spiro atoms. The number of hydrogen-bond donors (Lipinski definition) is 0. The highest BCUT2D eigenvalue weighted by Gasteiger charge is 2.09. The summed E-state index contributed by atoms with van der Waals surface area (Å²) in [6.07, 6.45) is 0. The van der Waals surface area contributed by atoms with E-state index in [-0.39, 0.29) is 0 Å². The maximum absolute atomic E-state index is 5.49. The second kappa shape index (κ2) is 4.63. The molecule has 0 aliphatic rings. The van der Waals surface area contributed by atoms with E-state index in [0.717, 1.165) is 16.2 Å². The fraction of sp³-hybridized carbons (Fsp3) is 0.200. The fourth-order valence-electron chi connectivity index (χ4n) is 0.953. The standard InChI is InChI=1S/C10H10N2OS2/c1-7(2)6-15-10-12-11-9(13-10)8-4-3-5-14-8/h3-5H,1,6H2,2H3. The van der Waals surface area contributed by atoms with Crippen molar-refractivity contribution in [3.8, 4) is 10.8 Å². The van der Waals surface area contributed by atoms with Gasteiger partial charge >= 0.3 is 0 Å². The molecule has 5 heteroatoms. The zero-order valence-electron chi connectivity index (χ0n) is 8.27. The molecule has 78 valence electrons. The van der Waals surface area contributed by atoms with Crippen LogP contribution in [0.15, 0.2) is 39.3 Å². The van der Waals surface area contributed by atoms with Crippen molar-refractivity contribution in [1.82, 2.24) is 10.2 Å². The second-order valence-corrected chi connectivity index (χ2v) is 4.97. The van der Waals surface area contributed by atoms with Gasteiger partial charge in [0.1, 0.15) is 0 Å². The Morgan fingerprint density at radius 1 is 1.60 bits per heavy atom. The molecule has 2 aromatic heterocycles. The number of thioether (sulfide) groups is 1. The summed E-state index contributed by atoms with van der Waals surface area (Å²) in [5.41, 5.74) is 1.09. The molecular weight excluding hydrogens is 228 g/mol. The lowest BCUT2D eigenvalue weighted by molar-refractivity contribution is 0.467. The fourth-order valence-corrected chi connectivity index (χ4v) is 2.20. The van der Waals surface area contributed by atoms with Crippen LogP contribution in [0.1, 0.15) is 6.92 Å². The molecule has 0 saturated carbocycles. The quantitative estimate of drug-likeness (QED) is 0.604. The molecule has 15 heavy (non-hydrogen) atoms. The van der Waals surface area contributed by atoms with E-state index < -0.39 is 0 Å². The van der Waals surface area contributed by atoms with Crippen molar-refractivity contribution in [1.29, 1.82) is 0 Å². The van der Waals surface area contributed by atoms with Crippen molar-refractivity contribution in [2.75, 3.05) is 5.75 Å². The average Bonchev–Trinajstić information content (AvgIpc) is 2.85. The van der Waals surface area contributed by atoms with Gasteiger partial charge in [0.2, 0.25) is 0 Å². The lowest BCUT2D eigenvalue weighted by Gasteiger charge is -1.92. The summed E-state index contributed by atoms with van der Waals surface area (Å²) in [5.74, 6) is 1.40. The van der Waals surface area contributed by atoms with E-state index in [2.05, 4.69) is 16.8 Å². The van der Waals surface area contributed by atoms with E-state index in [4.69, 9.17) is 4.42 Å². The van der Waals surface area contributed by atoms with Crippen molar-refractivity contribution in [2.24, 2.45) is 0 Å². The van der Waals surface area contributed by atoms with Crippen LogP contribution in [0.5, 0.6) is 0 Å². The third-order valence-electron chi connectivity index (χ3n) is 1.58. The second-order valence-electron chi connectivity index (χ2n) is 3.10. The third kappa shape index (κ3) is 2.70. The van der Waals surface area contributed by atoms with Crippen LogP contribution in [0.3, 0.4) is 0 Å². The summed E-state index contributed by atoms with van der Waals surface area (Å²) in [4.78, 5) is 1.00. The molecule has 0 aliphatic carbocycles. The SMILES string of the molecule is C=C(C)CSc1nnc(-c2cccs2)o1. The average molecular weight is 238 g/mol. The van der Waals surface area contributed by atoms with Crippen LogP contribution in [0.2, 0.25) is 0 Å². The molecule has 0 atom stereocenters. The molecule has 3 nitrogen and oxygen atoms in total. The van der Waals surface area contributed by atoms with Crippen LogP contribution in [-0.4, -0.2) is 16.0 Å². The first kappa shape index (κ1) is 10.4. The Kier molecular flexibility index (Phi) is 3.23. The molecule has 2 heterocycles. The largest absolute Gasteiger partial charge is 0.410 e. The van der Waals surface area contributed by atoms with Crippen LogP contribution in [0.4, 0.5) is 0 Å². The number of rotatable bonds is 4. The first-order valence-corrected chi connectivity index (χ1v) is 6.27. The number of thiophene rings is 1. The molecule has 0 unspecified atom stereocenters. The summed E-state index contributed by atoms with van der Waals surface area (Å²) >= 11 is 3.10. The molecule has 0 amide bonds. The van der Waals surface area contributed by atoms with Crippen LogP contribution in [0.25, 0.3) is 10.8 Å². The van der Waals surface area contributed by atoms with Gasteiger partial charge in [0.25, 0.3) is 11.1 Å². The first-order valence-electron chi connectivity index (χ1n) is 4.40. The van der Waals surface area contributed by atoms with Crippen molar-refractivity contribution in [3.05, 3.63) is 29.7 Å². The van der Waals surface area contributed by atoms with Crippen LogP contribution < -0.4 is 0 Å². The van der Waals surface area contributed by atoms with Gasteiger partial charge in [-0.3, -0.25) is 0 Å². The van der Waals surface area contributed by atoms with E-state index >= 15 is 0 Å². The summed E-state index contributed by atoms with van der Waals surface area (Å²) in [5, 5.41) is 10.5. The van der Waals surface area contributed by atoms with E-state index in [1.165, 1.54) is 11.8 Å². The van der Waals surface area contributed by atoms with Gasteiger partial charge in [0.05, 0.1) is 4.88 Å². The molecule has 0 aliphatic heterocycles.